The Kier molecular flexibility index (Phi) is 4.19. The van der Waals surface area contributed by atoms with Crippen LogP contribution in [0.1, 0.15) is 28.8 Å². The van der Waals surface area contributed by atoms with E-state index in [1.54, 1.807) is 18.6 Å². The quantitative estimate of drug-likeness (QED) is 0.746. The van der Waals surface area contributed by atoms with Gasteiger partial charge in [-0.05, 0) is 30.9 Å². The van der Waals surface area contributed by atoms with Crippen molar-refractivity contribution in [3.63, 3.8) is 0 Å². The maximum Gasteiger partial charge on any atom is 0.253 e. The van der Waals surface area contributed by atoms with Crippen LogP contribution in [0.2, 0.25) is 0 Å². The van der Waals surface area contributed by atoms with E-state index in [1.807, 2.05) is 22.8 Å². The van der Waals surface area contributed by atoms with Gasteiger partial charge in [0.25, 0.3) is 5.91 Å². The van der Waals surface area contributed by atoms with Gasteiger partial charge in [-0.25, -0.2) is 9.97 Å². The molecule has 0 spiro atoms. The molecule has 1 aliphatic carbocycles. The van der Waals surface area contributed by atoms with Crippen LogP contribution >= 0.6 is 0 Å². The minimum Gasteiger partial charge on any atom is -0.393 e. The van der Waals surface area contributed by atoms with E-state index in [9.17, 15) is 9.90 Å². The standard InChI is InChI=1S/C19H20N4O2/c24-16-9-15(10-16)22-19(25)14-8-17-18(20-11-14)23(12-21-17)7-6-13-4-2-1-3-5-13/h1-5,8,11-12,15-16,24H,6-7,9-10H2,(H,22,25). The summed E-state index contributed by atoms with van der Waals surface area (Å²) in [4.78, 5) is 21.1. The average molecular weight is 336 g/mol. The molecular formula is C19H20N4O2. The molecule has 1 fully saturated rings. The lowest BCUT2D eigenvalue weighted by molar-refractivity contribution is 0.0562. The summed E-state index contributed by atoms with van der Waals surface area (Å²) in [6.07, 6.45) is 5.22. The Morgan fingerprint density at radius 1 is 1.24 bits per heavy atom. The lowest BCUT2D eigenvalue weighted by atomic mass is 9.89. The van der Waals surface area contributed by atoms with Crippen molar-refractivity contribution in [2.45, 2.75) is 38.0 Å². The number of hydrogen-bond acceptors (Lipinski definition) is 4. The minimum absolute atomic E-state index is 0.0571. The second kappa shape index (κ2) is 6.64. The molecule has 1 aromatic carbocycles. The SMILES string of the molecule is O=C(NC1CC(O)C1)c1cnc2c(c1)ncn2CCc1ccccc1. The van der Waals surface area contributed by atoms with Crippen LogP contribution in [-0.2, 0) is 13.0 Å². The summed E-state index contributed by atoms with van der Waals surface area (Å²) >= 11 is 0. The van der Waals surface area contributed by atoms with Crippen molar-refractivity contribution >= 4 is 17.1 Å². The maximum absolute atomic E-state index is 12.2. The predicted molar refractivity (Wildman–Crippen MR) is 94.2 cm³/mol. The number of pyridine rings is 1. The Morgan fingerprint density at radius 2 is 2.04 bits per heavy atom. The summed E-state index contributed by atoms with van der Waals surface area (Å²) in [5, 5.41) is 12.2. The molecule has 1 aliphatic rings. The summed E-state index contributed by atoms with van der Waals surface area (Å²) in [5.74, 6) is -0.162. The van der Waals surface area contributed by atoms with Crippen LogP contribution in [0.5, 0.6) is 0 Å². The van der Waals surface area contributed by atoms with Crippen LogP contribution in [0.25, 0.3) is 11.2 Å². The monoisotopic (exact) mass is 336 g/mol. The number of benzene rings is 1. The number of imidazole rings is 1. The van der Waals surface area contributed by atoms with E-state index in [1.165, 1.54) is 5.56 Å². The summed E-state index contributed by atoms with van der Waals surface area (Å²) in [7, 11) is 0. The Labute approximate surface area is 145 Å². The molecule has 6 nitrogen and oxygen atoms in total. The molecule has 0 unspecified atom stereocenters. The Bertz CT molecular complexity index is 885. The minimum atomic E-state index is -0.286. The fraction of sp³-hybridized carbons (Fsp3) is 0.316. The van der Waals surface area contributed by atoms with Crippen molar-refractivity contribution in [1.29, 1.82) is 0 Å². The van der Waals surface area contributed by atoms with Crippen LogP contribution in [0.3, 0.4) is 0 Å². The van der Waals surface area contributed by atoms with Crippen LogP contribution in [-0.4, -0.2) is 37.7 Å². The highest BCUT2D eigenvalue weighted by Crippen LogP contribution is 2.20. The zero-order chi connectivity index (χ0) is 17.2. The predicted octanol–water partition coefficient (Wildman–Crippen LogP) is 1.93. The van der Waals surface area contributed by atoms with E-state index in [0.29, 0.717) is 23.9 Å². The summed E-state index contributed by atoms with van der Waals surface area (Å²) < 4.78 is 2.01. The smallest absolute Gasteiger partial charge is 0.253 e. The number of rotatable bonds is 5. The topological polar surface area (TPSA) is 80.0 Å². The van der Waals surface area contributed by atoms with E-state index in [-0.39, 0.29) is 18.1 Å². The zero-order valence-corrected chi connectivity index (χ0v) is 13.8. The molecule has 0 saturated heterocycles. The number of aliphatic hydroxyl groups excluding tert-OH is 1. The summed E-state index contributed by atoms with van der Waals surface area (Å²) in [6, 6.07) is 12.1. The van der Waals surface area contributed by atoms with Gasteiger partial charge in [-0.3, -0.25) is 4.79 Å². The van der Waals surface area contributed by atoms with Gasteiger partial charge in [-0.15, -0.1) is 0 Å². The van der Waals surface area contributed by atoms with Gasteiger partial charge in [0, 0.05) is 18.8 Å². The van der Waals surface area contributed by atoms with E-state index in [0.717, 1.165) is 18.6 Å². The fourth-order valence-corrected chi connectivity index (χ4v) is 3.11. The molecule has 6 heteroatoms. The number of aromatic nitrogens is 3. The van der Waals surface area contributed by atoms with E-state index >= 15 is 0 Å². The van der Waals surface area contributed by atoms with Gasteiger partial charge in [-0.1, -0.05) is 30.3 Å². The third kappa shape index (κ3) is 3.39. The molecule has 0 atom stereocenters. The van der Waals surface area contributed by atoms with Crippen molar-refractivity contribution in [3.05, 3.63) is 60.0 Å². The molecule has 0 aliphatic heterocycles. The van der Waals surface area contributed by atoms with Gasteiger partial charge in [0.2, 0.25) is 0 Å². The highest BCUT2D eigenvalue weighted by atomic mass is 16.3. The summed E-state index contributed by atoms with van der Waals surface area (Å²) in [5.41, 5.74) is 3.27. The molecule has 2 aromatic heterocycles. The second-order valence-corrected chi connectivity index (χ2v) is 6.54. The van der Waals surface area contributed by atoms with Gasteiger partial charge < -0.3 is 15.0 Å². The number of aryl methyl sites for hydroxylation is 2. The molecule has 0 radical (unpaired) electrons. The maximum atomic E-state index is 12.2. The molecule has 4 rings (SSSR count). The Balaban J connectivity index is 1.46. The molecule has 3 aromatic rings. The van der Waals surface area contributed by atoms with Gasteiger partial charge in [-0.2, -0.15) is 0 Å². The molecule has 1 saturated carbocycles. The van der Waals surface area contributed by atoms with Crippen LogP contribution in [0.15, 0.2) is 48.9 Å². The normalized spacial score (nSPS) is 19.6. The van der Waals surface area contributed by atoms with Crippen LogP contribution in [0.4, 0.5) is 0 Å². The van der Waals surface area contributed by atoms with Crippen molar-refractivity contribution < 1.29 is 9.90 Å². The molecule has 1 amide bonds. The summed E-state index contributed by atoms with van der Waals surface area (Å²) in [6.45, 7) is 0.791. The highest BCUT2D eigenvalue weighted by Gasteiger charge is 2.28. The third-order valence-corrected chi connectivity index (χ3v) is 4.65. The number of carbonyl (C=O) groups is 1. The fourth-order valence-electron chi connectivity index (χ4n) is 3.11. The molecule has 2 N–H and O–H groups in total. The number of nitrogens with zero attached hydrogens (tertiary/aromatic N) is 3. The van der Waals surface area contributed by atoms with Gasteiger partial charge in [0.1, 0.15) is 5.52 Å². The van der Waals surface area contributed by atoms with Crippen molar-refractivity contribution in [1.82, 2.24) is 19.9 Å². The van der Waals surface area contributed by atoms with E-state index in [2.05, 4.69) is 27.4 Å². The third-order valence-electron chi connectivity index (χ3n) is 4.65. The van der Waals surface area contributed by atoms with Crippen LogP contribution in [0, 0.1) is 0 Å². The first-order valence-electron chi connectivity index (χ1n) is 8.53. The van der Waals surface area contributed by atoms with E-state index in [4.69, 9.17) is 0 Å². The van der Waals surface area contributed by atoms with Crippen molar-refractivity contribution in [2.24, 2.45) is 0 Å². The van der Waals surface area contributed by atoms with Gasteiger partial charge in [0.05, 0.1) is 18.0 Å². The molecule has 2 heterocycles. The number of carbonyl (C=O) groups excluding carboxylic acids is 1. The first-order valence-corrected chi connectivity index (χ1v) is 8.53. The lowest BCUT2D eigenvalue weighted by Gasteiger charge is -2.31. The molecule has 0 bridgehead atoms. The second-order valence-electron chi connectivity index (χ2n) is 6.54. The number of fused-ring (bicyclic) bond motifs is 1. The first-order chi connectivity index (χ1) is 12.2. The number of nitrogens with one attached hydrogen (secondary N) is 1. The van der Waals surface area contributed by atoms with Crippen molar-refractivity contribution in [3.8, 4) is 0 Å². The first kappa shape index (κ1) is 15.8. The average Bonchev–Trinajstić information content (AvgIpc) is 3.01. The van der Waals surface area contributed by atoms with Crippen LogP contribution < -0.4 is 5.32 Å². The number of hydrogen-bond donors (Lipinski definition) is 2. The Hall–Kier alpha value is -2.73. The molecule has 25 heavy (non-hydrogen) atoms. The zero-order valence-electron chi connectivity index (χ0n) is 13.8. The van der Waals surface area contributed by atoms with E-state index < -0.39 is 0 Å². The van der Waals surface area contributed by atoms with Crippen molar-refractivity contribution in [2.75, 3.05) is 0 Å². The molecule has 128 valence electrons. The van der Waals surface area contributed by atoms with Gasteiger partial charge in [0.15, 0.2) is 5.65 Å². The largest absolute Gasteiger partial charge is 0.393 e. The lowest BCUT2D eigenvalue weighted by Crippen LogP contribution is -2.46. The Morgan fingerprint density at radius 3 is 2.80 bits per heavy atom. The molecular weight excluding hydrogens is 316 g/mol. The number of amides is 1. The number of aliphatic hydroxyl groups is 1. The highest BCUT2D eigenvalue weighted by molar-refractivity contribution is 5.96. The van der Waals surface area contributed by atoms with Gasteiger partial charge >= 0.3 is 0 Å².